The van der Waals surface area contributed by atoms with Crippen molar-refractivity contribution in [3.8, 4) is 11.3 Å². The van der Waals surface area contributed by atoms with E-state index in [2.05, 4.69) is 45.6 Å². The highest BCUT2D eigenvalue weighted by molar-refractivity contribution is 6.30. The normalized spacial score (nSPS) is 21.2. The first-order chi connectivity index (χ1) is 20.0. The molecule has 0 bridgehead atoms. The Morgan fingerprint density at radius 3 is 2.66 bits per heavy atom. The zero-order valence-corrected chi connectivity index (χ0v) is 24.4. The van der Waals surface area contributed by atoms with Crippen LogP contribution >= 0.6 is 11.6 Å². The lowest BCUT2D eigenvalue weighted by Crippen LogP contribution is -2.41. The van der Waals surface area contributed by atoms with Gasteiger partial charge < -0.3 is 18.9 Å². The van der Waals surface area contributed by atoms with Gasteiger partial charge in [-0.15, -0.1) is 0 Å². The maximum absolute atomic E-state index is 12.7. The average Bonchev–Trinajstić information content (AvgIpc) is 3.38. The number of carbonyl (C=O) groups excluding carboxylic acids is 1. The molecule has 1 aromatic carbocycles. The highest BCUT2D eigenvalue weighted by Gasteiger charge is 2.31. The molecular weight excluding hydrogens is 538 g/mol. The molecule has 0 N–H and O–H groups in total. The van der Waals surface area contributed by atoms with Crippen LogP contribution in [0, 0.1) is 11.8 Å². The van der Waals surface area contributed by atoms with E-state index in [1.807, 2.05) is 12.1 Å². The molecule has 3 aromatic heterocycles. The minimum atomic E-state index is -0.510. The molecular formula is C32H36ClN5O3. The highest BCUT2D eigenvalue weighted by atomic mass is 35.5. The molecule has 4 aromatic rings. The second kappa shape index (κ2) is 12.2. The number of benzene rings is 1. The number of morpholine rings is 1. The van der Waals surface area contributed by atoms with Gasteiger partial charge in [0.2, 0.25) is 5.95 Å². The molecule has 1 aliphatic carbocycles. The highest BCUT2D eigenvalue weighted by Crippen LogP contribution is 2.38. The van der Waals surface area contributed by atoms with Gasteiger partial charge in [-0.25, -0.2) is 14.8 Å². The van der Waals surface area contributed by atoms with Crippen LogP contribution in [-0.4, -0.2) is 52.4 Å². The van der Waals surface area contributed by atoms with Crippen molar-refractivity contribution in [1.29, 1.82) is 0 Å². The molecule has 6 rings (SSSR count). The Kier molecular flexibility index (Phi) is 8.21. The van der Waals surface area contributed by atoms with E-state index in [4.69, 9.17) is 31.0 Å². The van der Waals surface area contributed by atoms with E-state index in [-0.39, 0.29) is 11.7 Å². The standard InChI is InChI=1S/C32H36ClN5O3/c1-21-8-10-22(11-9-21)12-13-38-30-26(17-27(31(39)40-2)35-29(30)24-16-25(33)19-34-18-24)36-32(38)37-14-15-41-20-28(37)23-6-4-3-5-7-23/h3-7,16-19,21-22,28H,8-15,20H2,1-2H3/t21?,22?,28-/m0/s1. The third kappa shape index (κ3) is 5.81. The number of fused-ring (bicyclic) bond motifs is 1. The van der Waals surface area contributed by atoms with Crippen molar-refractivity contribution in [1.82, 2.24) is 19.5 Å². The number of methoxy groups -OCH3 is 1. The van der Waals surface area contributed by atoms with Crippen molar-refractivity contribution in [2.75, 3.05) is 31.8 Å². The first-order valence-electron chi connectivity index (χ1n) is 14.5. The van der Waals surface area contributed by atoms with E-state index in [0.717, 1.165) is 35.9 Å². The minimum absolute atomic E-state index is 0.0142. The number of ether oxygens (including phenoxy) is 2. The molecule has 41 heavy (non-hydrogen) atoms. The molecule has 0 amide bonds. The van der Waals surface area contributed by atoms with Gasteiger partial charge in [-0.3, -0.25) is 4.98 Å². The van der Waals surface area contributed by atoms with Crippen molar-refractivity contribution in [3.05, 3.63) is 71.1 Å². The first kappa shape index (κ1) is 27.7. The Labute approximate surface area is 245 Å². The molecule has 4 heterocycles. The summed E-state index contributed by atoms with van der Waals surface area (Å²) in [4.78, 5) is 29.4. The van der Waals surface area contributed by atoms with Crippen LogP contribution in [-0.2, 0) is 16.0 Å². The largest absolute Gasteiger partial charge is 0.464 e. The summed E-state index contributed by atoms with van der Waals surface area (Å²) in [6.45, 7) is 5.04. The van der Waals surface area contributed by atoms with E-state index in [0.29, 0.717) is 41.9 Å². The molecule has 0 unspecified atom stereocenters. The van der Waals surface area contributed by atoms with Crippen LogP contribution in [0.5, 0.6) is 0 Å². The maximum atomic E-state index is 12.7. The molecule has 0 radical (unpaired) electrons. The SMILES string of the molecule is COC(=O)c1cc2nc(N3CCOC[C@H]3c3ccccc3)n(CCC3CCC(C)CC3)c2c(-c2cncc(Cl)c2)n1. The second-order valence-electron chi connectivity index (χ2n) is 11.3. The van der Waals surface area contributed by atoms with Crippen LogP contribution in [0.2, 0.25) is 5.02 Å². The Morgan fingerprint density at radius 2 is 1.90 bits per heavy atom. The molecule has 2 aliphatic rings. The average molecular weight is 574 g/mol. The molecule has 9 heteroatoms. The Balaban J connectivity index is 1.52. The van der Waals surface area contributed by atoms with Gasteiger partial charge in [-0.1, -0.05) is 74.5 Å². The number of rotatable bonds is 7. The van der Waals surface area contributed by atoms with Gasteiger partial charge >= 0.3 is 5.97 Å². The lowest BCUT2D eigenvalue weighted by atomic mass is 9.81. The van der Waals surface area contributed by atoms with Crippen LogP contribution in [0.25, 0.3) is 22.3 Å². The van der Waals surface area contributed by atoms with Gasteiger partial charge in [0.15, 0.2) is 5.69 Å². The first-order valence-corrected chi connectivity index (χ1v) is 14.9. The van der Waals surface area contributed by atoms with Crippen molar-refractivity contribution in [2.45, 2.75) is 51.6 Å². The Bertz CT molecular complexity index is 1520. The van der Waals surface area contributed by atoms with Gasteiger partial charge in [0, 0.05) is 31.0 Å². The van der Waals surface area contributed by atoms with E-state index < -0.39 is 5.97 Å². The number of aromatic nitrogens is 4. The van der Waals surface area contributed by atoms with Crippen LogP contribution in [0.4, 0.5) is 5.95 Å². The number of esters is 1. The van der Waals surface area contributed by atoms with Gasteiger partial charge in [0.25, 0.3) is 0 Å². The molecule has 8 nitrogen and oxygen atoms in total. The summed E-state index contributed by atoms with van der Waals surface area (Å²) in [6.07, 6.45) is 9.45. The molecule has 1 aliphatic heterocycles. The third-order valence-electron chi connectivity index (χ3n) is 8.54. The minimum Gasteiger partial charge on any atom is -0.464 e. The number of aryl methyl sites for hydroxylation is 1. The second-order valence-corrected chi connectivity index (χ2v) is 11.7. The summed E-state index contributed by atoms with van der Waals surface area (Å²) in [5.74, 6) is 1.83. The lowest BCUT2D eigenvalue weighted by molar-refractivity contribution is 0.0594. The topological polar surface area (TPSA) is 82.4 Å². The van der Waals surface area contributed by atoms with Crippen molar-refractivity contribution in [3.63, 3.8) is 0 Å². The Hall–Kier alpha value is -3.49. The van der Waals surface area contributed by atoms with Crippen LogP contribution in [0.1, 0.15) is 61.1 Å². The zero-order chi connectivity index (χ0) is 28.3. The fourth-order valence-electron chi connectivity index (χ4n) is 6.25. The van der Waals surface area contributed by atoms with Crippen molar-refractivity contribution >= 4 is 34.6 Å². The maximum Gasteiger partial charge on any atom is 0.356 e. The molecule has 0 spiro atoms. The lowest BCUT2D eigenvalue weighted by Gasteiger charge is -2.37. The zero-order valence-electron chi connectivity index (χ0n) is 23.6. The smallest absolute Gasteiger partial charge is 0.356 e. The summed E-state index contributed by atoms with van der Waals surface area (Å²) in [6, 6.07) is 14.0. The van der Waals surface area contributed by atoms with Crippen LogP contribution in [0.15, 0.2) is 54.9 Å². The molecule has 214 valence electrons. The fourth-order valence-corrected chi connectivity index (χ4v) is 6.42. The van der Waals surface area contributed by atoms with E-state index >= 15 is 0 Å². The Morgan fingerprint density at radius 1 is 1.10 bits per heavy atom. The number of nitrogens with zero attached hydrogens (tertiary/aromatic N) is 5. The number of pyridine rings is 2. The number of halogens is 1. The van der Waals surface area contributed by atoms with E-state index in [9.17, 15) is 4.79 Å². The molecule has 1 atom stereocenters. The number of hydrogen-bond acceptors (Lipinski definition) is 7. The fraction of sp³-hybridized carbons (Fsp3) is 0.438. The van der Waals surface area contributed by atoms with Gasteiger partial charge in [-0.05, 0) is 36.0 Å². The predicted molar refractivity (Wildman–Crippen MR) is 160 cm³/mol. The molecule has 1 saturated carbocycles. The molecule has 1 saturated heterocycles. The predicted octanol–water partition coefficient (Wildman–Crippen LogP) is 6.73. The van der Waals surface area contributed by atoms with Crippen LogP contribution < -0.4 is 4.90 Å². The summed E-state index contributed by atoms with van der Waals surface area (Å²) in [5, 5.41) is 0.501. The number of hydrogen-bond donors (Lipinski definition) is 0. The van der Waals surface area contributed by atoms with Gasteiger partial charge in [-0.2, -0.15) is 0 Å². The third-order valence-corrected chi connectivity index (χ3v) is 8.75. The summed E-state index contributed by atoms with van der Waals surface area (Å²) >= 11 is 6.38. The van der Waals surface area contributed by atoms with E-state index in [1.54, 1.807) is 18.5 Å². The monoisotopic (exact) mass is 573 g/mol. The summed E-state index contributed by atoms with van der Waals surface area (Å²) in [5.41, 5.74) is 4.31. The molecule has 2 fully saturated rings. The van der Waals surface area contributed by atoms with Gasteiger partial charge in [0.1, 0.15) is 0 Å². The van der Waals surface area contributed by atoms with Crippen molar-refractivity contribution in [2.24, 2.45) is 11.8 Å². The number of carbonyl (C=O) groups is 1. The number of anilines is 1. The van der Waals surface area contributed by atoms with E-state index in [1.165, 1.54) is 38.4 Å². The van der Waals surface area contributed by atoms with Crippen LogP contribution in [0.3, 0.4) is 0 Å². The van der Waals surface area contributed by atoms with Gasteiger partial charge in [0.05, 0.1) is 48.1 Å². The van der Waals surface area contributed by atoms with Crippen molar-refractivity contribution < 1.29 is 14.3 Å². The summed E-state index contributed by atoms with van der Waals surface area (Å²) < 4.78 is 13.3. The quantitative estimate of drug-likeness (QED) is 0.227. The number of imidazole rings is 1. The summed E-state index contributed by atoms with van der Waals surface area (Å²) in [7, 11) is 1.36.